The van der Waals surface area contributed by atoms with Crippen LogP contribution in [0.25, 0.3) is 6.08 Å². The summed E-state index contributed by atoms with van der Waals surface area (Å²) in [6.07, 6.45) is -4.86. The van der Waals surface area contributed by atoms with Crippen LogP contribution in [0.4, 0.5) is 13.2 Å². The van der Waals surface area contributed by atoms with Gasteiger partial charge >= 0.3 is 18.1 Å². The number of methoxy groups -OCH3 is 2. The maximum absolute atomic E-state index is 15.1. The van der Waals surface area contributed by atoms with E-state index in [1.165, 1.54) is 29.2 Å². The molecule has 2 atom stereocenters. The lowest BCUT2D eigenvalue weighted by molar-refractivity contribution is -0.304. The van der Waals surface area contributed by atoms with Gasteiger partial charge in [0.1, 0.15) is 11.3 Å². The summed E-state index contributed by atoms with van der Waals surface area (Å²) < 4.78 is 61.4. The third-order valence-electron chi connectivity index (χ3n) is 5.78. The fraction of sp³-hybridized carbons (Fsp3) is 0.250. The molecule has 178 valence electrons. The first-order chi connectivity index (χ1) is 16.1. The van der Waals surface area contributed by atoms with Crippen LogP contribution in [0.3, 0.4) is 0 Å². The minimum Gasteiger partial charge on any atom is -0.466 e. The molecule has 0 aromatic heterocycles. The number of carbonyl (C=O) groups is 2. The second-order valence-electron chi connectivity index (χ2n) is 7.65. The third-order valence-corrected chi connectivity index (χ3v) is 6.31. The maximum atomic E-state index is 15.1. The Bertz CT molecular complexity index is 1220. The minimum atomic E-state index is -5.17. The van der Waals surface area contributed by atoms with Crippen molar-refractivity contribution in [1.29, 1.82) is 0 Å². The Balaban J connectivity index is 2.17. The molecule has 0 bridgehead atoms. The van der Waals surface area contributed by atoms with Crippen LogP contribution in [-0.2, 0) is 29.4 Å². The second-order valence-corrected chi connectivity index (χ2v) is 8.56. The Morgan fingerprint density at radius 3 is 2.24 bits per heavy atom. The van der Waals surface area contributed by atoms with Gasteiger partial charge in [0.05, 0.1) is 14.2 Å². The van der Waals surface area contributed by atoms with Crippen LogP contribution in [0.2, 0.25) is 0 Å². The van der Waals surface area contributed by atoms with E-state index in [1.807, 2.05) is 0 Å². The highest BCUT2D eigenvalue weighted by Crippen LogP contribution is 2.57. The number of allylic oxidation sites excluding steroid dienone is 1. The molecule has 2 aromatic carbocycles. The SMILES string of the molecule is COC(=O)C1=C(C(=O)OC)[C@](c2ccc(Br)cc2)(C(F)(F)F)O[C@H]2c3ccccc3C=C(C)N12. The second kappa shape index (κ2) is 8.59. The topological polar surface area (TPSA) is 65.1 Å². The van der Waals surface area contributed by atoms with Crippen molar-refractivity contribution in [3.63, 3.8) is 0 Å². The largest absolute Gasteiger partial charge is 0.466 e. The molecular weight excluding hydrogens is 519 g/mol. The summed E-state index contributed by atoms with van der Waals surface area (Å²) in [6, 6.07) is 11.9. The minimum absolute atomic E-state index is 0.386. The predicted octanol–water partition coefficient (Wildman–Crippen LogP) is 5.21. The maximum Gasteiger partial charge on any atom is 0.426 e. The van der Waals surface area contributed by atoms with Crippen LogP contribution in [0, 0.1) is 0 Å². The van der Waals surface area contributed by atoms with Gasteiger partial charge in [0.15, 0.2) is 6.23 Å². The molecule has 34 heavy (non-hydrogen) atoms. The van der Waals surface area contributed by atoms with Crippen molar-refractivity contribution >= 4 is 33.9 Å². The van der Waals surface area contributed by atoms with E-state index >= 15 is 13.2 Å². The number of halogens is 4. The molecule has 10 heteroatoms. The molecule has 0 fully saturated rings. The number of carbonyl (C=O) groups excluding carboxylic acids is 2. The molecule has 0 saturated carbocycles. The molecule has 0 spiro atoms. The van der Waals surface area contributed by atoms with E-state index < -0.39 is 46.8 Å². The summed E-state index contributed by atoms with van der Waals surface area (Å²) in [5.74, 6) is -2.50. The summed E-state index contributed by atoms with van der Waals surface area (Å²) >= 11 is 3.21. The first-order valence-electron chi connectivity index (χ1n) is 10.0. The van der Waals surface area contributed by atoms with Gasteiger partial charge < -0.3 is 19.1 Å². The first-order valence-corrected chi connectivity index (χ1v) is 10.8. The zero-order valence-corrected chi connectivity index (χ0v) is 19.9. The zero-order valence-electron chi connectivity index (χ0n) is 18.3. The number of esters is 2. The standard InChI is InChI=1S/C24H19BrF3NO5/c1-13-12-14-6-4-5-7-17(14)20-29(13)19(22(31)33-3)18(21(30)32-2)23(34-20,24(26,27)28)15-8-10-16(25)11-9-15/h4-12,20H,1-3H3/t20-,23+/m0/s1. The summed E-state index contributed by atoms with van der Waals surface area (Å²) in [6.45, 7) is 1.60. The van der Waals surface area contributed by atoms with Crippen molar-refractivity contribution in [2.24, 2.45) is 0 Å². The molecule has 0 amide bonds. The molecule has 2 aromatic rings. The van der Waals surface area contributed by atoms with Gasteiger partial charge in [0.2, 0.25) is 5.60 Å². The quantitative estimate of drug-likeness (QED) is 0.500. The highest BCUT2D eigenvalue weighted by Gasteiger charge is 2.68. The number of nitrogens with zero attached hydrogens (tertiary/aromatic N) is 1. The Morgan fingerprint density at radius 2 is 1.65 bits per heavy atom. The predicted molar refractivity (Wildman–Crippen MR) is 119 cm³/mol. The van der Waals surface area contributed by atoms with Crippen molar-refractivity contribution in [3.8, 4) is 0 Å². The molecule has 2 aliphatic rings. The molecule has 0 N–H and O–H groups in total. The zero-order chi connectivity index (χ0) is 24.8. The molecule has 0 unspecified atom stereocenters. The third kappa shape index (κ3) is 3.52. The van der Waals surface area contributed by atoms with Crippen LogP contribution in [0.5, 0.6) is 0 Å². The average Bonchev–Trinajstić information content (AvgIpc) is 2.81. The fourth-order valence-corrected chi connectivity index (χ4v) is 4.58. The van der Waals surface area contributed by atoms with Crippen molar-refractivity contribution in [2.45, 2.75) is 24.9 Å². The number of fused-ring (bicyclic) bond motifs is 3. The number of rotatable bonds is 3. The summed E-state index contributed by atoms with van der Waals surface area (Å²) in [5.41, 5.74) is -3.93. The number of benzene rings is 2. The molecule has 0 radical (unpaired) electrons. The van der Waals surface area contributed by atoms with Gasteiger partial charge in [-0.1, -0.05) is 52.3 Å². The van der Waals surface area contributed by atoms with E-state index in [1.54, 1.807) is 37.3 Å². The van der Waals surface area contributed by atoms with Crippen molar-refractivity contribution in [3.05, 3.63) is 86.7 Å². The Hall–Kier alpha value is -3.11. The summed E-state index contributed by atoms with van der Waals surface area (Å²) in [7, 11) is 1.97. The van der Waals surface area contributed by atoms with Gasteiger partial charge in [-0.2, -0.15) is 13.2 Å². The molecule has 0 aliphatic carbocycles. The van der Waals surface area contributed by atoms with Crippen molar-refractivity contribution < 1.29 is 37.0 Å². The number of hydrogen-bond acceptors (Lipinski definition) is 6. The smallest absolute Gasteiger partial charge is 0.426 e. The van der Waals surface area contributed by atoms with Gasteiger partial charge in [0.25, 0.3) is 0 Å². The van der Waals surface area contributed by atoms with E-state index in [-0.39, 0.29) is 0 Å². The summed E-state index contributed by atoms with van der Waals surface area (Å²) in [5, 5.41) is 0. The van der Waals surface area contributed by atoms with E-state index in [9.17, 15) is 9.59 Å². The summed E-state index contributed by atoms with van der Waals surface area (Å²) in [4.78, 5) is 27.3. The molecule has 2 heterocycles. The van der Waals surface area contributed by atoms with Crippen LogP contribution in [0.15, 0.2) is 70.0 Å². The Kier molecular flexibility index (Phi) is 6.07. The average molecular weight is 538 g/mol. The van der Waals surface area contributed by atoms with Crippen LogP contribution in [0.1, 0.15) is 29.8 Å². The van der Waals surface area contributed by atoms with Gasteiger partial charge in [-0.05, 0) is 36.3 Å². The van der Waals surface area contributed by atoms with Gasteiger partial charge in [-0.15, -0.1) is 0 Å². The van der Waals surface area contributed by atoms with E-state index in [0.29, 0.717) is 21.3 Å². The lowest BCUT2D eigenvalue weighted by atomic mass is 9.80. The molecule has 0 saturated heterocycles. The Morgan fingerprint density at radius 1 is 1.03 bits per heavy atom. The fourth-order valence-electron chi connectivity index (χ4n) is 4.32. The van der Waals surface area contributed by atoms with E-state index in [0.717, 1.165) is 14.2 Å². The van der Waals surface area contributed by atoms with Gasteiger partial charge in [0, 0.05) is 15.7 Å². The van der Waals surface area contributed by atoms with E-state index in [4.69, 9.17) is 14.2 Å². The number of alkyl halides is 3. The van der Waals surface area contributed by atoms with Crippen LogP contribution >= 0.6 is 15.9 Å². The van der Waals surface area contributed by atoms with Crippen molar-refractivity contribution in [2.75, 3.05) is 14.2 Å². The molecule has 6 nitrogen and oxygen atoms in total. The molecule has 4 rings (SSSR count). The Labute approximate surface area is 201 Å². The lowest BCUT2D eigenvalue weighted by Crippen LogP contribution is -2.57. The highest BCUT2D eigenvalue weighted by atomic mass is 79.9. The van der Waals surface area contributed by atoms with Gasteiger partial charge in [-0.3, -0.25) is 0 Å². The monoisotopic (exact) mass is 537 g/mol. The van der Waals surface area contributed by atoms with Crippen LogP contribution < -0.4 is 0 Å². The van der Waals surface area contributed by atoms with Crippen molar-refractivity contribution in [1.82, 2.24) is 4.90 Å². The normalized spacial score (nSPS) is 21.9. The number of ether oxygens (including phenoxy) is 3. The first kappa shape index (κ1) is 24.0. The lowest BCUT2D eigenvalue weighted by Gasteiger charge is -2.50. The molecular formula is C24H19BrF3NO5. The highest BCUT2D eigenvalue weighted by molar-refractivity contribution is 9.10. The number of hydrogen-bond donors (Lipinski definition) is 0. The molecule has 2 aliphatic heterocycles. The van der Waals surface area contributed by atoms with Gasteiger partial charge in [-0.25, -0.2) is 9.59 Å². The van der Waals surface area contributed by atoms with Crippen LogP contribution in [-0.4, -0.2) is 37.2 Å². The van der Waals surface area contributed by atoms with E-state index in [2.05, 4.69) is 15.9 Å².